The Morgan fingerprint density at radius 1 is 1.00 bits per heavy atom. The van der Waals surface area contributed by atoms with E-state index in [2.05, 4.69) is 5.32 Å². The van der Waals surface area contributed by atoms with E-state index in [1.165, 1.54) is 38.5 Å². The van der Waals surface area contributed by atoms with Crippen LogP contribution in [0.5, 0.6) is 0 Å². The van der Waals surface area contributed by atoms with Crippen LogP contribution < -0.4 is 5.32 Å². The highest BCUT2D eigenvalue weighted by atomic mass is 16.7. The SMILES string of the molecule is CCOC(CCNC1CCCCCC1)OCC. The van der Waals surface area contributed by atoms with Gasteiger partial charge in [-0.2, -0.15) is 0 Å². The highest BCUT2D eigenvalue weighted by Crippen LogP contribution is 2.17. The maximum Gasteiger partial charge on any atom is 0.158 e. The number of hydrogen-bond acceptors (Lipinski definition) is 3. The molecule has 1 aliphatic rings. The summed E-state index contributed by atoms with van der Waals surface area (Å²) in [5.41, 5.74) is 0. The van der Waals surface area contributed by atoms with Gasteiger partial charge in [-0.05, 0) is 26.7 Å². The van der Waals surface area contributed by atoms with Crippen LogP contribution in [-0.2, 0) is 9.47 Å². The van der Waals surface area contributed by atoms with Crippen LogP contribution in [0.15, 0.2) is 0 Å². The first-order chi connectivity index (χ1) is 8.36. The highest BCUT2D eigenvalue weighted by molar-refractivity contribution is 4.70. The molecule has 3 nitrogen and oxygen atoms in total. The lowest BCUT2D eigenvalue weighted by Gasteiger charge is -2.20. The lowest BCUT2D eigenvalue weighted by Crippen LogP contribution is -2.32. The zero-order valence-corrected chi connectivity index (χ0v) is 11.5. The first kappa shape index (κ1) is 14.9. The Morgan fingerprint density at radius 2 is 1.59 bits per heavy atom. The fourth-order valence-electron chi connectivity index (χ4n) is 2.48. The van der Waals surface area contributed by atoms with Crippen LogP contribution in [0.4, 0.5) is 0 Å². The van der Waals surface area contributed by atoms with E-state index >= 15 is 0 Å². The van der Waals surface area contributed by atoms with Gasteiger partial charge in [-0.3, -0.25) is 0 Å². The van der Waals surface area contributed by atoms with Gasteiger partial charge in [0.25, 0.3) is 0 Å². The fraction of sp³-hybridized carbons (Fsp3) is 1.00. The average molecular weight is 243 g/mol. The molecule has 0 aromatic heterocycles. The molecule has 0 spiro atoms. The molecule has 0 amide bonds. The van der Waals surface area contributed by atoms with Gasteiger partial charge in [0.05, 0.1) is 0 Å². The van der Waals surface area contributed by atoms with Crippen molar-refractivity contribution in [2.24, 2.45) is 0 Å². The second kappa shape index (κ2) is 9.86. The van der Waals surface area contributed by atoms with Crippen LogP contribution in [0.3, 0.4) is 0 Å². The lowest BCUT2D eigenvalue weighted by molar-refractivity contribution is -0.138. The Labute approximate surface area is 106 Å². The summed E-state index contributed by atoms with van der Waals surface area (Å²) in [6, 6.07) is 0.724. The summed E-state index contributed by atoms with van der Waals surface area (Å²) in [6.45, 7) is 6.51. The summed E-state index contributed by atoms with van der Waals surface area (Å²) in [4.78, 5) is 0. The van der Waals surface area contributed by atoms with E-state index in [1.54, 1.807) is 0 Å². The van der Waals surface area contributed by atoms with Crippen molar-refractivity contribution in [2.45, 2.75) is 71.1 Å². The minimum atomic E-state index is -0.0247. The largest absolute Gasteiger partial charge is 0.353 e. The van der Waals surface area contributed by atoms with Crippen molar-refractivity contribution in [3.8, 4) is 0 Å². The van der Waals surface area contributed by atoms with Crippen LogP contribution in [0.1, 0.15) is 58.8 Å². The molecule has 0 aromatic carbocycles. The molecule has 1 rings (SSSR count). The summed E-state index contributed by atoms with van der Waals surface area (Å²) < 4.78 is 11.1. The van der Waals surface area contributed by atoms with Gasteiger partial charge < -0.3 is 14.8 Å². The normalized spacial score (nSPS) is 18.5. The van der Waals surface area contributed by atoms with E-state index in [4.69, 9.17) is 9.47 Å². The first-order valence-corrected chi connectivity index (χ1v) is 7.33. The molecule has 0 saturated heterocycles. The van der Waals surface area contributed by atoms with E-state index in [9.17, 15) is 0 Å². The Morgan fingerprint density at radius 3 is 2.12 bits per heavy atom. The summed E-state index contributed by atoms with van der Waals surface area (Å²) in [5, 5.41) is 3.65. The van der Waals surface area contributed by atoms with E-state index in [-0.39, 0.29) is 6.29 Å². The van der Waals surface area contributed by atoms with Crippen molar-refractivity contribution in [3.63, 3.8) is 0 Å². The molecular formula is C14H29NO2. The average Bonchev–Trinajstić information content (AvgIpc) is 2.58. The van der Waals surface area contributed by atoms with Crippen LogP contribution in [-0.4, -0.2) is 32.1 Å². The molecular weight excluding hydrogens is 214 g/mol. The van der Waals surface area contributed by atoms with Crippen molar-refractivity contribution < 1.29 is 9.47 Å². The van der Waals surface area contributed by atoms with Gasteiger partial charge in [-0.1, -0.05) is 25.7 Å². The fourth-order valence-corrected chi connectivity index (χ4v) is 2.48. The molecule has 1 aliphatic carbocycles. The predicted octanol–water partition coefficient (Wildman–Crippen LogP) is 3.09. The quantitative estimate of drug-likeness (QED) is 0.525. The minimum Gasteiger partial charge on any atom is -0.353 e. The summed E-state index contributed by atoms with van der Waals surface area (Å²) in [6.07, 6.45) is 9.22. The molecule has 0 radical (unpaired) electrons. The molecule has 0 aromatic rings. The third-order valence-electron chi connectivity index (χ3n) is 3.37. The monoisotopic (exact) mass is 243 g/mol. The van der Waals surface area contributed by atoms with Crippen LogP contribution in [0, 0.1) is 0 Å². The van der Waals surface area contributed by atoms with Gasteiger partial charge in [0.2, 0.25) is 0 Å². The molecule has 0 atom stereocenters. The number of nitrogens with one attached hydrogen (secondary N) is 1. The van der Waals surface area contributed by atoms with Crippen LogP contribution >= 0.6 is 0 Å². The lowest BCUT2D eigenvalue weighted by atomic mass is 10.1. The summed E-state index contributed by atoms with van der Waals surface area (Å²) >= 11 is 0. The van der Waals surface area contributed by atoms with E-state index < -0.39 is 0 Å². The Hall–Kier alpha value is -0.120. The van der Waals surface area contributed by atoms with Gasteiger partial charge >= 0.3 is 0 Å². The van der Waals surface area contributed by atoms with E-state index in [0.29, 0.717) is 0 Å². The number of hydrogen-bond donors (Lipinski definition) is 1. The molecule has 1 fully saturated rings. The van der Waals surface area contributed by atoms with Gasteiger partial charge in [-0.15, -0.1) is 0 Å². The zero-order valence-electron chi connectivity index (χ0n) is 11.5. The first-order valence-electron chi connectivity index (χ1n) is 7.33. The Kier molecular flexibility index (Phi) is 8.67. The smallest absolute Gasteiger partial charge is 0.158 e. The Bertz CT molecular complexity index is 160. The molecule has 17 heavy (non-hydrogen) atoms. The maximum absolute atomic E-state index is 5.53. The topological polar surface area (TPSA) is 30.5 Å². The van der Waals surface area contributed by atoms with Gasteiger partial charge in [0.1, 0.15) is 0 Å². The molecule has 0 unspecified atom stereocenters. The zero-order chi connectivity index (χ0) is 12.3. The van der Waals surface area contributed by atoms with Crippen LogP contribution in [0.25, 0.3) is 0 Å². The van der Waals surface area contributed by atoms with Gasteiger partial charge in [-0.25, -0.2) is 0 Å². The molecule has 1 N–H and O–H groups in total. The van der Waals surface area contributed by atoms with Crippen molar-refractivity contribution in [1.82, 2.24) is 5.32 Å². The van der Waals surface area contributed by atoms with Gasteiger partial charge in [0.15, 0.2) is 6.29 Å². The maximum atomic E-state index is 5.53. The number of rotatable bonds is 8. The van der Waals surface area contributed by atoms with Crippen molar-refractivity contribution in [2.75, 3.05) is 19.8 Å². The number of ether oxygens (including phenoxy) is 2. The minimum absolute atomic E-state index is 0.0247. The third kappa shape index (κ3) is 7.02. The predicted molar refractivity (Wildman–Crippen MR) is 71.1 cm³/mol. The molecule has 1 saturated carbocycles. The molecule has 3 heteroatoms. The van der Waals surface area contributed by atoms with Crippen molar-refractivity contribution in [3.05, 3.63) is 0 Å². The van der Waals surface area contributed by atoms with Crippen LogP contribution in [0.2, 0.25) is 0 Å². The molecule has 0 heterocycles. The highest BCUT2D eigenvalue weighted by Gasteiger charge is 2.13. The molecule has 0 bridgehead atoms. The standard InChI is InChI=1S/C14H29NO2/c1-3-16-14(17-4-2)11-12-15-13-9-7-5-6-8-10-13/h13-15H,3-12H2,1-2H3. The third-order valence-corrected chi connectivity index (χ3v) is 3.37. The van der Waals surface area contributed by atoms with E-state index in [0.717, 1.165) is 32.2 Å². The van der Waals surface area contributed by atoms with E-state index in [1.807, 2.05) is 13.8 Å². The Balaban J connectivity index is 2.10. The molecule has 0 aliphatic heterocycles. The summed E-state index contributed by atoms with van der Waals surface area (Å²) in [5.74, 6) is 0. The van der Waals surface area contributed by atoms with Gasteiger partial charge in [0, 0.05) is 32.2 Å². The van der Waals surface area contributed by atoms with Crippen molar-refractivity contribution in [1.29, 1.82) is 0 Å². The second-order valence-corrected chi connectivity index (χ2v) is 4.77. The second-order valence-electron chi connectivity index (χ2n) is 4.77. The van der Waals surface area contributed by atoms with Crippen molar-refractivity contribution >= 4 is 0 Å². The summed E-state index contributed by atoms with van der Waals surface area (Å²) in [7, 11) is 0. The molecule has 102 valence electrons.